The third-order valence-corrected chi connectivity index (χ3v) is 2.66. The fourth-order valence-electron chi connectivity index (χ4n) is 1.28. The number of aromatic nitrogens is 2. The van der Waals surface area contributed by atoms with Crippen LogP contribution in [0.2, 0.25) is 0 Å². The van der Waals surface area contributed by atoms with Gasteiger partial charge in [0.2, 0.25) is 5.91 Å². The summed E-state index contributed by atoms with van der Waals surface area (Å²) in [5.74, 6) is -0.789. The van der Waals surface area contributed by atoms with E-state index in [2.05, 4.69) is 4.98 Å². The van der Waals surface area contributed by atoms with Gasteiger partial charge in [0, 0.05) is 6.20 Å². The molecular formula is C9H15N3NaO7P. The molecule has 0 saturated carbocycles. The summed E-state index contributed by atoms with van der Waals surface area (Å²) in [6.45, 7) is -0.636. The molecule has 5 N–H and O–H groups in total. The molecule has 0 saturated heterocycles. The van der Waals surface area contributed by atoms with Gasteiger partial charge in [0.25, 0.3) is 0 Å². The molecule has 1 heterocycles. The Labute approximate surface area is 141 Å². The Morgan fingerprint density at radius 1 is 1.52 bits per heavy atom. The quantitative estimate of drug-likeness (QED) is 0.332. The number of ether oxygens (including phenoxy) is 1. The van der Waals surface area contributed by atoms with Crippen molar-refractivity contribution >= 4 is 48.9 Å². The normalized spacial score (nSPS) is 12.5. The van der Waals surface area contributed by atoms with Gasteiger partial charge in [-0.2, -0.15) is 4.98 Å². The summed E-state index contributed by atoms with van der Waals surface area (Å²) < 4.78 is 16.0. The molecule has 1 aromatic heterocycles. The van der Waals surface area contributed by atoms with Gasteiger partial charge in [-0.25, -0.2) is 9.36 Å². The average Bonchev–Trinajstić information content (AvgIpc) is 2.33. The molecule has 21 heavy (non-hydrogen) atoms. The number of aliphatic hydroxyl groups excluding tert-OH is 1. The van der Waals surface area contributed by atoms with Crippen LogP contribution in [0.25, 0.3) is 0 Å². The molecule has 0 amide bonds. The first-order valence-corrected chi connectivity index (χ1v) is 7.18. The number of anilines is 1. The number of hydrogen-bond acceptors (Lipinski definition) is 7. The van der Waals surface area contributed by atoms with Gasteiger partial charge < -0.3 is 25.4 Å². The van der Waals surface area contributed by atoms with Crippen molar-refractivity contribution < 1.29 is 29.0 Å². The number of carbonyl (C=O) groups excluding carboxylic acids is 1. The summed E-state index contributed by atoms with van der Waals surface area (Å²) in [6.07, 6.45) is -1.40. The van der Waals surface area contributed by atoms with Crippen molar-refractivity contribution in [2.24, 2.45) is 0 Å². The van der Waals surface area contributed by atoms with E-state index in [-0.39, 0.29) is 35.4 Å². The zero-order valence-electron chi connectivity index (χ0n) is 10.2. The molecule has 10 nitrogen and oxygen atoms in total. The van der Waals surface area contributed by atoms with Gasteiger partial charge in [-0.3, -0.25) is 9.36 Å². The van der Waals surface area contributed by atoms with E-state index in [9.17, 15) is 14.2 Å². The predicted molar refractivity (Wildman–Crippen MR) is 74.2 cm³/mol. The van der Waals surface area contributed by atoms with Gasteiger partial charge in [-0.15, -0.1) is 0 Å². The van der Waals surface area contributed by atoms with Crippen LogP contribution in [0.3, 0.4) is 0 Å². The first kappa shape index (κ1) is 20.4. The second kappa shape index (κ2) is 8.76. The van der Waals surface area contributed by atoms with Gasteiger partial charge in [0.15, 0.2) is 0 Å². The van der Waals surface area contributed by atoms with Crippen molar-refractivity contribution in [1.82, 2.24) is 9.55 Å². The van der Waals surface area contributed by atoms with E-state index < -0.39 is 44.7 Å². The molecule has 114 valence electrons. The molecule has 1 atom stereocenters. The van der Waals surface area contributed by atoms with Crippen molar-refractivity contribution in [1.29, 1.82) is 0 Å². The van der Waals surface area contributed by atoms with Crippen LogP contribution in [0.5, 0.6) is 0 Å². The van der Waals surface area contributed by atoms with Gasteiger partial charge in [-0.05, 0) is 6.07 Å². The average molecular weight is 331 g/mol. The fourth-order valence-corrected chi connectivity index (χ4v) is 1.68. The Morgan fingerprint density at radius 3 is 2.62 bits per heavy atom. The first-order chi connectivity index (χ1) is 9.23. The first-order valence-electron chi connectivity index (χ1n) is 5.38. The second-order valence-corrected chi connectivity index (χ2v) is 5.46. The molecule has 0 radical (unpaired) electrons. The van der Waals surface area contributed by atoms with Crippen LogP contribution in [0, 0.1) is 0 Å². The van der Waals surface area contributed by atoms with Crippen LogP contribution >= 0.6 is 7.60 Å². The van der Waals surface area contributed by atoms with E-state index in [1.807, 2.05) is 0 Å². The monoisotopic (exact) mass is 331 g/mol. The van der Waals surface area contributed by atoms with Crippen molar-refractivity contribution in [2.75, 3.05) is 18.7 Å². The molecule has 0 aromatic carbocycles. The van der Waals surface area contributed by atoms with Crippen LogP contribution in [0.4, 0.5) is 5.82 Å². The number of hydrogen-bond donors (Lipinski definition) is 4. The van der Waals surface area contributed by atoms with Crippen LogP contribution in [0.1, 0.15) is 11.2 Å². The number of nitrogen functional groups attached to an aromatic ring is 1. The summed E-state index contributed by atoms with van der Waals surface area (Å²) in [4.78, 5) is 43.8. The summed E-state index contributed by atoms with van der Waals surface area (Å²) in [6, 6.07) is 1.24. The van der Waals surface area contributed by atoms with Crippen molar-refractivity contribution in [3.05, 3.63) is 22.7 Å². The third kappa shape index (κ3) is 7.30. The fraction of sp³-hybridized carbons (Fsp3) is 0.444. The van der Waals surface area contributed by atoms with Crippen LogP contribution in [-0.4, -0.2) is 79.0 Å². The van der Waals surface area contributed by atoms with E-state index >= 15 is 0 Å². The van der Waals surface area contributed by atoms with Crippen LogP contribution < -0.4 is 11.4 Å². The number of carbonyl (C=O) groups is 1. The number of nitrogens with two attached hydrogens (primary N) is 1. The van der Waals surface area contributed by atoms with Gasteiger partial charge in [0.05, 0.1) is 19.1 Å². The summed E-state index contributed by atoms with van der Waals surface area (Å²) in [5, 5.41) is 8.98. The number of nitrogens with zero attached hydrogens (tertiary/aromatic N) is 2. The maximum absolute atomic E-state index is 11.8. The summed E-state index contributed by atoms with van der Waals surface area (Å²) in [7, 11) is -4.41. The van der Waals surface area contributed by atoms with E-state index in [1.54, 1.807) is 0 Å². The summed E-state index contributed by atoms with van der Waals surface area (Å²) >= 11 is 0. The summed E-state index contributed by atoms with van der Waals surface area (Å²) in [5.41, 5.74) is 4.38. The van der Waals surface area contributed by atoms with Gasteiger partial charge in [0.1, 0.15) is 12.2 Å². The zero-order valence-corrected chi connectivity index (χ0v) is 11.1. The second-order valence-electron chi connectivity index (χ2n) is 3.87. The minimum absolute atomic E-state index is 0. The molecular weight excluding hydrogens is 316 g/mol. The zero-order chi connectivity index (χ0) is 15.3. The Balaban J connectivity index is 0.00000400. The third-order valence-electron chi connectivity index (χ3n) is 2.18. The molecule has 0 aliphatic carbocycles. The van der Waals surface area contributed by atoms with Gasteiger partial charge in [-0.1, -0.05) is 0 Å². The van der Waals surface area contributed by atoms with Crippen molar-refractivity contribution in [2.45, 2.75) is 12.5 Å². The maximum atomic E-state index is 11.8. The number of rotatable bonds is 6. The van der Waals surface area contributed by atoms with Crippen LogP contribution in [-0.2, 0) is 9.30 Å². The molecule has 0 fully saturated rings. The van der Waals surface area contributed by atoms with E-state index in [0.717, 1.165) is 6.20 Å². The molecule has 1 rings (SSSR count). The SMILES string of the molecule is Nc1ccn(C(=O)C[C@@H](CO)OCP(=O)(O)O)c(=O)n1.[NaH]. The van der Waals surface area contributed by atoms with Crippen molar-refractivity contribution in [3.8, 4) is 0 Å². The molecule has 0 bridgehead atoms. The Morgan fingerprint density at radius 2 is 2.14 bits per heavy atom. The molecule has 0 spiro atoms. The van der Waals surface area contributed by atoms with E-state index in [4.69, 9.17) is 25.4 Å². The Kier molecular flexibility index (Phi) is 8.52. The minimum atomic E-state index is -4.41. The number of aliphatic hydroxyl groups is 1. The van der Waals surface area contributed by atoms with Crippen LogP contribution in [0.15, 0.2) is 17.1 Å². The Bertz CT molecular complexity index is 587. The van der Waals surface area contributed by atoms with E-state index in [1.165, 1.54) is 6.07 Å². The standard InChI is InChI=1S/C9H14N3O7P.Na.H/c10-7-1-2-12(9(15)11-7)8(14)3-6(4-13)19-5-20(16,17)18;;/h1-2,6,13H,3-5H2,(H2,10,11,15)(H2,16,17,18);;/t6-;;/m0../s1. The van der Waals surface area contributed by atoms with Crippen molar-refractivity contribution in [3.63, 3.8) is 0 Å². The van der Waals surface area contributed by atoms with E-state index in [0.29, 0.717) is 4.57 Å². The Hall–Kier alpha value is -0.580. The molecule has 1 aromatic rings. The van der Waals surface area contributed by atoms with Gasteiger partial charge >= 0.3 is 42.8 Å². The predicted octanol–water partition coefficient (Wildman–Crippen LogP) is -2.28. The molecule has 0 aliphatic heterocycles. The molecule has 0 unspecified atom stereocenters. The topological polar surface area (TPSA) is 165 Å². The molecule has 12 heteroatoms. The molecule has 0 aliphatic rings.